The van der Waals surface area contributed by atoms with Crippen molar-refractivity contribution < 1.29 is 4.79 Å². The van der Waals surface area contributed by atoms with Gasteiger partial charge in [-0.1, -0.05) is 0 Å². The quantitative estimate of drug-likeness (QED) is 0.448. The molecule has 16 heavy (non-hydrogen) atoms. The first-order valence-electron chi connectivity index (χ1n) is 5.14. The Bertz CT molecular complexity index is 229. The molecule has 0 heterocycles. The zero-order chi connectivity index (χ0) is 11.8. The van der Waals surface area contributed by atoms with Crippen molar-refractivity contribution in [3.63, 3.8) is 0 Å². The summed E-state index contributed by atoms with van der Waals surface area (Å²) in [6.07, 6.45) is 0.478. The number of nitrogens with one attached hydrogen (secondary N) is 2. The number of rotatable bonds is 4. The fourth-order valence-corrected chi connectivity index (χ4v) is 0.980. The standard InChI is InChI=1S/C10H22N4O.HI/c1-8(2)13-10(11-3)12-7-6-9(15)14(4)5;/h8H,6-7H2,1-5H3,(H2,11,12,13);1H. The van der Waals surface area contributed by atoms with Crippen LogP contribution in [0.2, 0.25) is 0 Å². The summed E-state index contributed by atoms with van der Waals surface area (Å²) in [7, 11) is 5.22. The first-order chi connectivity index (χ1) is 6.97. The van der Waals surface area contributed by atoms with E-state index in [4.69, 9.17) is 0 Å². The SMILES string of the molecule is CN=C(NCCC(=O)N(C)C)NC(C)C.I. The average Bonchev–Trinajstić information content (AvgIpc) is 2.15. The molecule has 0 aliphatic heterocycles. The van der Waals surface area contributed by atoms with Crippen molar-refractivity contribution in [1.29, 1.82) is 0 Å². The van der Waals surface area contributed by atoms with Gasteiger partial charge in [-0.05, 0) is 13.8 Å². The van der Waals surface area contributed by atoms with E-state index in [0.717, 1.165) is 5.96 Å². The third kappa shape index (κ3) is 8.75. The summed E-state index contributed by atoms with van der Waals surface area (Å²) in [5.41, 5.74) is 0. The number of guanidine groups is 1. The lowest BCUT2D eigenvalue weighted by Gasteiger charge is -2.15. The molecule has 0 spiro atoms. The van der Waals surface area contributed by atoms with Crippen molar-refractivity contribution >= 4 is 35.8 Å². The normalized spacial score (nSPS) is 10.8. The van der Waals surface area contributed by atoms with Crippen LogP contribution in [0.1, 0.15) is 20.3 Å². The number of aliphatic imine (C=N–C) groups is 1. The van der Waals surface area contributed by atoms with E-state index in [1.165, 1.54) is 0 Å². The molecule has 2 N–H and O–H groups in total. The Hall–Kier alpha value is -0.530. The Labute approximate surface area is 115 Å². The fourth-order valence-electron chi connectivity index (χ4n) is 0.980. The molecule has 0 atom stereocenters. The predicted octanol–water partition coefficient (Wildman–Crippen LogP) is 0.656. The van der Waals surface area contributed by atoms with Crippen LogP contribution in [0.4, 0.5) is 0 Å². The van der Waals surface area contributed by atoms with Gasteiger partial charge < -0.3 is 15.5 Å². The lowest BCUT2D eigenvalue weighted by Crippen LogP contribution is -2.42. The van der Waals surface area contributed by atoms with Gasteiger partial charge in [-0.3, -0.25) is 9.79 Å². The molecular formula is C10H23IN4O. The maximum atomic E-state index is 11.3. The Balaban J connectivity index is 0. The summed E-state index contributed by atoms with van der Waals surface area (Å²) < 4.78 is 0. The van der Waals surface area contributed by atoms with Crippen LogP contribution < -0.4 is 10.6 Å². The van der Waals surface area contributed by atoms with Crippen molar-refractivity contribution in [2.75, 3.05) is 27.7 Å². The van der Waals surface area contributed by atoms with Crippen molar-refractivity contribution in [3.05, 3.63) is 0 Å². The summed E-state index contributed by atoms with van der Waals surface area (Å²) in [6, 6.07) is 0.334. The summed E-state index contributed by atoms with van der Waals surface area (Å²) in [5.74, 6) is 0.846. The third-order valence-electron chi connectivity index (χ3n) is 1.78. The number of hydrogen-bond acceptors (Lipinski definition) is 2. The van der Waals surface area contributed by atoms with E-state index in [2.05, 4.69) is 15.6 Å². The monoisotopic (exact) mass is 342 g/mol. The molecule has 0 aromatic heterocycles. The van der Waals surface area contributed by atoms with Gasteiger partial charge in [0.15, 0.2) is 5.96 Å². The second-order valence-electron chi connectivity index (χ2n) is 3.84. The molecule has 0 aliphatic carbocycles. The van der Waals surface area contributed by atoms with Crippen LogP contribution in [0, 0.1) is 0 Å². The maximum Gasteiger partial charge on any atom is 0.223 e. The highest BCUT2D eigenvalue weighted by molar-refractivity contribution is 14.0. The molecule has 0 radical (unpaired) electrons. The van der Waals surface area contributed by atoms with E-state index in [1.807, 2.05) is 13.8 Å². The van der Waals surface area contributed by atoms with Gasteiger partial charge in [-0.25, -0.2) is 0 Å². The Morgan fingerprint density at radius 2 is 1.94 bits per heavy atom. The fraction of sp³-hybridized carbons (Fsp3) is 0.800. The minimum Gasteiger partial charge on any atom is -0.356 e. The summed E-state index contributed by atoms with van der Waals surface area (Å²) >= 11 is 0. The largest absolute Gasteiger partial charge is 0.356 e. The van der Waals surface area contributed by atoms with Crippen molar-refractivity contribution in [2.24, 2.45) is 4.99 Å². The van der Waals surface area contributed by atoms with Crippen LogP contribution in [-0.2, 0) is 4.79 Å². The van der Waals surface area contributed by atoms with E-state index in [1.54, 1.807) is 26.0 Å². The highest BCUT2D eigenvalue weighted by Crippen LogP contribution is 1.85. The lowest BCUT2D eigenvalue weighted by atomic mass is 10.4. The molecule has 0 bridgehead atoms. The Kier molecular flexibility index (Phi) is 10.8. The topological polar surface area (TPSA) is 56.7 Å². The van der Waals surface area contributed by atoms with Gasteiger partial charge in [0.1, 0.15) is 0 Å². The number of halogens is 1. The Morgan fingerprint density at radius 3 is 2.31 bits per heavy atom. The molecule has 0 aliphatic rings. The Morgan fingerprint density at radius 1 is 1.38 bits per heavy atom. The van der Waals surface area contributed by atoms with Crippen LogP contribution >= 0.6 is 24.0 Å². The van der Waals surface area contributed by atoms with Gasteiger partial charge in [-0.2, -0.15) is 0 Å². The molecule has 0 rings (SSSR count). The lowest BCUT2D eigenvalue weighted by molar-refractivity contribution is -0.128. The molecule has 0 aromatic carbocycles. The molecule has 0 saturated carbocycles. The van der Waals surface area contributed by atoms with Crippen molar-refractivity contribution in [2.45, 2.75) is 26.3 Å². The highest BCUT2D eigenvalue weighted by Gasteiger charge is 2.04. The molecule has 0 unspecified atom stereocenters. The number of hydrogen-bond donors (Lipinski definition) is 2. The van der Waals surface area contributed by atoms with Crippen LogP contribution in [0.5, 0.6) is 0 Å². The van der Waals surface area contributed by atoms with E-state index >= 15 is 0 Å². The molecule has 0 aromatic rings. The number of amides is 1. The van der Waals surface area contributed by atoms with E-state index in [-0.39, 0.29) is 29.9 Å². The second kappa shape index (κ2) is 9.68. The van der Waals surface area contributed by atoms with Crippen LogP contribution in [0.15, 0.2) is 4.99 Å². The number of carbonyl (C=O) groups is 1. The summed E-state index contributed by atoms with van der Waals surface area (Å²) in [5, 5.41) is 6.22. The van der Waals surface area contributed by atoms with Gasteiger partial charge >= 0.3 is 0 Å². The first-order valence-corrected chi connectivity index (χ1v) is 5.14. The zero-order valence-corrected chi connectivity index (χ0v) is 13.0. The summed E-state index contributed by atoms with van der Waals surface area (Å²) in [4.78, 5) is 16.9. The predicted molar refractivity (Wildman–Crippen MR) is 78.4 cm³/mol. The van der Waals surface area contributed by atoms with Crippen LogP contribution in [0.25, 0.3) is 0 Å². The van der Waals surface area contributed by atoms with E-state index in [0.29, 0.717) is 19.0 Å². The molecular weight excluding hydrogens is 319 g/mol. The molecule has 96 valence electrons. The van der Waals surface area contributed by atoms with Crippen molar-refractivity contribution in [1.82, 2.24) is 15.5 Å². The third-order valence-corrected chi connectivity index (χ3v) is 1.78. The molecule has 6 heteroatoms. The molecule has 1 amide bonds. The highest BCUT2D eigenvalue weighted by atomic mass is 127. The molecule has 5 nitrogen and oxygen atoms in total. The van der Waals surface area contributed by atoms with Gasteiger partial charge in [0, 0.05) is 40.2 Å². The van der Waals surface area contributed by atoms with Gasteiger partial charge in [0.25, 0.3) is 0 Å². The zero-order valence-electron chi connectivity index (χ0n) is 10.7. The van der Waals surface area contributed by atoms with Gasteiger partial charge in [-0.15, -0.1) is 24.0 Å². The first kappa shape index (κ1) is 17.9. The summed E-state index contributed by atoms with van der Waals surface area (Å²) in [6.45, 7) is 4.68. The number of nitrogens with zero attached hydrogens (tertiary/aromatic N) is 2. The minimum absolute atomic E-state index is 0. The van der Waals surface area contributed by atoms with Gasteiger partial charge in [0.05, 0.1) is 0 Å². The number of carbonyl (C=O) groups excluding carboxylic acids is 1. The minimum atomic E-state index is 0. The smallest absolute Gasteiger partial charge is 0.223 e. The average molecular weight is 342 g/mol. The van der Waals surface area contributed by atoms with E-state index < -0.39 is 0 Å². The maximum absolute atomic E-state index is 11.3. The van der Waals surface area contributed by atoms with E-state index in [9.17, 15) is 4.79 Å². The molecule has 0 fully saturated rings. The van der Waals surface area contributed by atoms with Crippen LogP contribution in [-0.4, -0.2) is 50.5 Å². The van der Waals surface area contributed by atoms with Crippen LogP contribution in [0.3, 0.4) is 0 Å². The second-order valence-corrected chi connectivity index (χ2v) is 3.84. The van der Waals surface area contributed by atoms with Gasteiger partial charge in [0.2, 0.25) is 5.91 Å². The molecule has 0 saturated heterocycles. The van der Waals surface area contributed by atoms with Crippen molar-refractivity contribution in [3.8, 4) is 0 Å².